The smallest absolute Gasteiger partial charge is 0.0360 e. The summed E-state index contributed by atoms with van der Waals surface area (Å²) in [6.45, 7) is 16.8. The van der Waals surface area contributed by atoms with Crippen molar-refractivity contribution in [2.45, 2.75) is 74.1 Å². The van der Waals surface area contributed by atoms with Crippen molar-refractivity contribution < 1.29 is 0 Å². The molecular formula is C16H34. The van der Waals surface area contributed by atoms with E-state index in [4.69, 9.17) is 0 Å². The molecule has 0 bridgehead atoms. The van der Waals surface area contributed by atoms with E-state index < -0.39 is 0 Å². The predicted octanol–water partition coefficient (Wildman–Crippen LogP) is 5.77. The molecule has 0 aromatic rings. The number of hydrogen-bond acceptors (Lipinski definition) is 0. The minimum atomic E-state index is 0.877. The van der Waals surface area contributed by atoms with Crippen LogP contribution >= 0.6 is 0 Å². The quantitative estimate of drug-likeness (QED) is 0.493. The topological polar surface area (TPSA) is 0 Å². The van der Waals surface area contributed by atoms with Gasteiger partial charge in [-0.2, -0.15) is 0 Å². The number of hydrogen-bond donors (Lipinski definition) is 0. The molecule has 0 nitrogen and oxygen atoms in total. The van der Waals surface area contributed by atoms with E-state index in [1.54, 1.807) is 0 Å². The molecule has 0 aliphatic rings. The summed E-state index contributed by atoms with van der Waals surface area (Å²) in [6, 6.07) is 0. The van der Waals surface area contributed by atoms with Crippen LogP contribution in [0.3, 0.4) is 0 Å². The fourth-order valence-electron chi connectivity index (χ4n) is 3.40. The van der Waals surface area contributed by atoms with Crippen LogP contribution in [0.25, 0.3) is 0 Å². The maximum atomic E-state index is 2.49. The normalized spacial score (nSPS) is 19.5. The Bertz CT molecular complexity index is 157. The van der Waals surface area contributed by atoms with Gasteiger partial charge in [0.15, 0.2) is 0 Å². The third-order valence-electron chi connectivity index (χ3n) is 5.16. The molecule has 0 heterocycles. The van der Waals surface area contributed by atoms with Crippen molar-refractivity contribution in [1.82, 2.24) is 0 Å². The lowest BCUT2D eigenvalue weighted by atomic mass is 9.69. The van der Waals surface area contributed by atoms with Gasteiger partial charge in [-0.1, -0.05) is 74.1 Å². The van der Waals surface area contributed by atoms with Crippen molar-refractivity contribution in [2.24, 2.45) is 29.6 Å². The van der Waals surface area contributed by atoms with Crippen molar-refractivity contribution in [3.63, 3.8) is 0 Å². The lowest BCUT2D eigenvalue weighted by Crippen LogP contribution is -2.28. The van der Waals surface area contributed by atoms with Crippen LogP contribution in [0.2, 0.25) is 0 Å². The van der Waals surface area contributed by atoms with Crippen LogP contribution in [0.4, 0.5) is 0 Å². The van der Waals surface area contributed by atoms with Gasteiger partial charge < -0.3 is 0 Å². The van der Waals surface area contributed by atoms with Crippen LogP contribution in [0.1, 0.15) is 74.1 Å². The van der Waals surface area contributed by atoms with E-state index >= 15 is 0 Å². The van der Waals surface area contributed by atoms with E-state index in [2.05, 4.69) is 48.5 Å². The third-order valence-corrected chi connectivity index (χ3v) is 5.16. The fourth-order valence-corrected chi connectivity index (χ4v) is 3.40. The van der Waals surface area contributed by atoms with Gasteiger partial charge in [0.05, 0.1) is 0 Å². The Morgan fingerprint density at radius 2 is 1.12 bits per heavy atom. The molecule has 16 heavy (non-hydrogen) atoms. The molecule has 0 saturated heterocycles. The highest BCUT2D eigenvalue weighted by Crippen LogP contribution is 2.37. The molecule has 0 amide bonds. The van der Waals surface area contributed by atoms with Gasteiger partial charge in [-0.3, -0.25) is 0 Å². The minimum absolute atomic E-state index is 0.877. The Hall–Kier alpha value is 0. The molecule has 0 rings (SSSR count). The Kier molecular flexibility index (Phi) is 8.14. The van der Waals surface area contributed by atoms with E-state index in [1.807, 2.05) is 0 Å². The van der Waals surface area contributed by atoms with Crippen molar-refractivity contribution in [3.8, 4) is 0 Å². The first kappa shape index (κ1) is 16.0. The molecule has 0 spiro atoms. The van der Waals surface area contributed by atoms with Gasteiger partial charge in [-0.15, -0.1) is 0 Å². The summed E-state index contributed by atoms with van der Waals surface area (Å²) in [5.74, 6) is 4.49. The second-order valence-electron chi connectivity index (χ2n) is 5.75. The Labute approximate surface area is 104 Å². The van der Waals surface area contributed by atoms with Crippen molar-refractivity contribution in [3.05, 3.63) is 0 Å². The zero-order valence-electron chi connectivity index (χ0n) is 12.7. The van der Waals surface area contributed by atoms with E-state index in [9.17, 15) is 0 Å². The maximum Gasteiger partial charge on any atom is -0.0360 e. The van der Waals surface area contributed by atoms with Crippen molar-refractivity contribution in [2.75, 3.05) is 0 Å². The van der Waals surface area contributed by atoms with Crippen LogP contribution in [-0.2, 0) is 0 Å². The summed E-state index contributed by atoms with van der Waals surface area (Å²) in [4.78, 5) is 0. The molecule has 0 aromatic heterocycles. The van der Waals surface area contributed by atoms with E-state index in [0.717, 1.165) is 29.6 Å². The van der Waals surface area contributed by atoms with Gasteiger partial charge in [0.1, 0.15) is 0 Å². The lowest BCUT2D eigenvalue weighted by molar-refractivity contribution is 0.134. The van der Waals surface area contributed by atoms with Gasteiger partial charge in [0.2, 0.25) is 0 Å². The van der Waals surface area contributed by atoms with Gasteiger partial charge >= 0.3 is 0 Å². The predicted molar refractivity (Wildman–Crippen MR) is 75.6 cm³/mol. The SMILES string of the molecule is CCC(C)C(C)C(CC)C(C)C(CC)CC. The molecule has 4 unspecified atom stereocenters. The average molecular weight is 226 g/mol. The summed E-state index contributed by atoms with van der Waals surface area (Å²) in [7, 11) is 0. The Morgan fingerprint density at radius 1 is 0.625 bits per heavy atom. The van der Waals surface area contributed by atoms with Crippen molar-refractivity contribution in [1.29, 1.82) is 0 Å². The third kappa shape index (κ3) is 4.11. The van der Waals surface area contributed by atoms with Gasteiger partial charge in [0, 0.05) is 0 Å². The molecular weight excluding hydrogens is 192 g/mol. The van der Waals surface area contributed by atoms with Crippen LogP contribution < -0.4 is 0 Å². The summed E-state index contributed by atoms with van der Waals surface area (Å²) in [5, 5.41) is 0. The lowest BCUT2D eigenvalue weighted by Gasteiger charge is -2.36. The second kappa shape index (κ2) is 8.14. The monoisotopic (exact) mass is 226 g/mol. The largest absolute Gasteiger partial charge is 0.0651 e. The Balaban J connectivity index is 4.57. The maximum absolute atomic E-state index is 2.49. The molecule has 0 N–H and O–H groups in total. The highest BCUT2D eigenvalue weighted by atomic mass is 14.3. The average Bonchev–Trinajstić information content (AvgIpc) is 2.30. The molecule has 0 heteroatoms. The van der Waals surface area contributed by atoms with Gasteiger partial charge in [-0.25, -0.2) is 0 Å². The first-order valence-corrected chi connectivity index (χ1v) is 7.53. The fraction of sp³-hybridized carbons (Fsp3) is 1.00. The zero-order chi connectivity index (χ0) is 12.7. The molecule has 0 aromatic carbocycles. The van der Waals surface area contributed by atoms with E-state index in [0.29, 0.717) is 0 Å². The van der Waals surface area contributed by atoms with Crippen LogP contribution in [-0.4, -0.2) is 0 Å². The van der Waals surface area contributed by atoms with E-state index in [1.165, 1.54) is 25.7 Å². The first-order chi connectivity index (χ1) is 7.53. The highest BCUT2D eigenvalue weighted by molar-refractivity contribution is 4.78. The molecule has 0 fully saturated rings. The molecule has 98 valence electrons. The van der Waals surface area contributed by atoms with Crippen molar-refractivity contribution >= 4 is 0 Å². The van der Waals surface area contributed by atoms with Crippen LogP contribution in [0.5, 0.6) is 0 Å². The molecule has 0 aliphatic heterocycles. The summed E-state index contributed by atoms with van der Waals surface area (Å²) < 4.78 is 0. The molecule has 4 atom stereocenters. The minimum Gasteiger partial charge on any atom is -0.0651 e. The summed E-state index contributed by atoms with van der Waals surface area (Å²) >= 11 is 0. The van der Waals surface area contributed by atoms with Crippen LogP contribution in [0, 0.1) is 29.6 Å². The standard InChI is InChI=1S/C16H34/c1-8-12(5)13(6)16(11-4)14(7)15(9-2)10-3/h12-16H,8-11H2,1-7H3. The van der Waals surface area contributed by atoms with Gasteiger partial charge in [0.25, 0.3) is 0 Å². The zero-order valence-corrected chi connectivity index (χ0v) is 12.7. The van der Waals surface area contributed by atoms with Crippen LogP contribution in [0.15, 0.2) is 0 Å². The molecule has 0 radical (unpaired) electrons. The Morgan fingerprint density at radius 3 is 1.44 bits per heavy atom. The van der Waals surface area contributed by atoms with E-state index in [-0.39, 0.29) is 0 Å². The second-order valence-corrected chi connectivity index (χ2v) is 5.75. The molecule has 0 aliphatic carbocycles. The first-order valence-electron chi connectivity index (χ1n) is 7.53. The number of rotatable bonds is 8. The molecule has 0 saturated carbocycles. The summed E-state index contributed by atoms with van der Waals surface area (Å²) in [6.07, 6.45) is 5.37. The summed E-state index contributed by atoms with van der Waals surface area (Å²) in [5.41, 5.74) is 0. The highest BCUT2D eigenvalue weighted by Gasteiger charge is 2.28. The van der Waals surface area contributed by atoms with Gasteiger partial charge in [-0.05, 0) is 29.6 Å².